The van der Waals surface area contributed by atoms with E-state index in [1.165, 1.54) is 11.1 Å². The van der Waals surface area contributed by atoms with Crippen molar-refractivity contribution < 1.29 is 5.11 Å². The molecule has 2 rings (SSSR count). The highest BCUT2D eigenvalue weighted by atomic mass is 32.1. The summed E-state index contributed by atoms with van der Waals surface area (Å²) in [7, 11) is 0. The van der Waals surface area contributed by atoms with E-state index < -0.39 is 6.10 Å². The van der Waals surface area contributed by atoms with E-state index in [2.05, 4.69) is 17.4 Å². The third-order valence-electron chi connectivity index (χ3n) is 2.71. The van der Waals surface area contributed by atoms with Crippen LogP contribution < -0.4 is 5.32 Å². The number of aryl methyl sites for hydroxylation is 1. The van der Waals surface area contributed by atoms with E-state index in [-0.39, 0.29) is 0 Å². The van der Waals surface area contributed by atoms with Gasteiger partial charge in [-0.05, 0) is 29.5 Å². The summed E-state index contributed by atoms with van der Waals surface area (Å²) < 4.78 is 0. The van der Waals surface area contributed by atoms with Crippen LogP contribution in [-0.2, 0) is 6.54 Å². The van der Waals surface area contributed by atoms with Crippen LogP contribution in [0.4, 0.5) is 0 Å². The van der Waals surface area contributed by atoms with Gasteiger partial charge in [0.15, 0.2) is 0 Å². The summed E-state index contributed by atoms with van der Waals surface area (Å²) >= 11 is 1.61. The van der Waals surface area contributed by atoms with Crippen LogP contribution >= 0.6 is 11.3 Å². The highest BCUT2D eigenvalue weighted by Gasteiger charge is 2.10. The lowest BCUT2D eigenvalue weighted by Gasteiger charge is -2.11. The summed E-state index contributed by atoms with van der Waals surface area (Å²) in [6, 6.07) is 12.3. The molecule has 2 nitrogen and oxygen atoms in total. The zero-order valence-electron chi connectivity index (χ0n) is 9.89. The lowest BCUT2D eigenvalue weighted by molar-refractivity contribution is 0.177. The third-order valence-corrected chi connectivity index (χ3v) is 3.83. The number of hydrogen-bond donors (Lipinski definition) is 2. The SMILES string of the molecule is Cc1ccsc1C(O)CNCc1ccccc1. The van der Waals surface area contributed by atoms with Crippen LogP contribution in [-0.4, -0.2) is 11.7 Å². The van der Waals surface area contributed by atoms with E-state index >= 15 is 0 Å². The second-order valence-electron chi connectivity index (χ2n) is 4.10. The van der Waals surface area contributed by atoms with Gasteiger partial charge in [-0.15, -0.1) is 11.3 Å². The van der Waals surface area contributed by atoms with Gasteiger partial charge in [0.2, 0.25) is 0 Å². The Hall–Kier alpha value is -1.16. The van der Waals surface area contributed by atoms with Crippen LogP contribution in [0.15, 0.2) is 41.8 Å². The summed E-state index contributed by atoms with van der Waals surface area (Å²) in [6.07, 6.45) is -0.404. The summed E-state index contributed by atoms with van der Waals surface area (Å²) in [6.45, 7) is 3.42. The Morgan fingerprint density at radius 1 is 1.24 bits per heavy atom. The van der Waals surface area contributed by atoms with Crippen LogP contribution in [0.3, 0.4) is 0 Å². The van der Waals surface area contributed by atoms with Crippen molar-refractivity contribution in [1.82, 2.24) is 5.32 Å². The lowest BCUT2D eigenvalue weighted by Crippen LogP contribution is -2.20. The molecule has 0 amide bonds. The number of aliphatic hydroxyl groups excluding tert-OH is 1. The van der Waals surface area contributed by atoms with Crippen molar-refractivity contribution in [3.63, 3.8) is 0 Å². The molecule has 17 heavy (non-hydrogen) atoms. The molecule has 0 radical (unpaired) electrons. The minimum absolute atomic E-state index is 0.404. The number of benzene rings is 1. The first-order valence-electron chi connectivity index (χ1n) is 5.74. The Balaban J connectivity index is 1.81. The van der Waals surface area contributed by atoms with Crippen molar-refractivity contribution in [2.45, 2.75) is 19.6 Å². The summed E-state index contributed by atoms with van der Waals surface area (Å²) in [4.78, 5) is 1.06. The first kappa shape index (κ1) is 12.3. The fraction of sp³-hybridized carbons (Fsp3) is 0.286. The van der Waals surface area contributed by atoms with Gasteiger partial charge < -0.3 is 10.4 Å². The van der Waals surface area contributed by atoms with Crippen LogP contribution in [0.5, 0.6) is 0 Å². The van der Waals surface area contributed by atoms with Crippen LogP contribution in [0.25, 0.3) is 0 Å². The fourth-order valence-electron chi connectivity index (χ4n) is 1.77. The third kappa shape index (κ3) is 3.40. The molecule has 90 valence electrons. The van der Waals surface area contributed by atoms with Crippen molar-refractivity contribution >= 4 is 11.3 Å². The predicted octanol–water partition coefficient (Wildman–Crippen LogP) is 2.88. The van der Waals surface area contributed by atoms with Crippen LogP contribution in [0.1, 0.15) is 22.1 Å². The predicted molar refractivity (Wildman–Crippen MR) is 72.2 cm³/mol. The molecule has 3 heteroatoms. The monoisotopic (exact) mass is 247 g/mol. The molecule has 1 atom stereocenters. The van der Waals surface area contributed by atoms with Gasteiger partial charge in [0.25, 0.3) is 0 Å². The Bertz CT molecular complexity index is 452. The van der Waals surface area contributed by atoms with Crippen molar-refractivity contribution in [3.05, 3.63) is 57.8 Å². The zero-order chi connectivity index (χ0) is 12.1. The quantitative estimate of drug-likeness (QED) is 0.851. The molecular weight excluding hydrogens is 230 g/mol. The molecular formula is C14H17NOS. The minimum Gasteiger partial charge on any atom is -0.386 e. The molecule has 1 aromatic heterocycles. The van der Waals surface area contributed by atoms with E-state index in [0.29, 0.717) is 6.54 Å². The average molecular weight is 247 g/mol. The van der Waals surface area contributed by atoms with Gasteiger partial charge in [-0.3, -0.25) is 0 Å². The Labute approximate surface area is 106 Å². The molecule has 0 fully saturated rings. The maximum absolute atomic E-state index is 10.0. The summed E-state index contributed by atoms with van der Waals surface area (Å²) in [5, 5.41) is 15.3. The molecule has 1 heterocycles. The minimum atomic E-state index is -0.404. The maximum atomic E-state index is 10.0. The lowest BCUT2D eigenvalue weighted by atomic mass is 10.2. The van der Waals surface area contributed by atoms with Gasteiger partial charge in [-0.2, -0.15) is 0 Å². The molecule has 0 saturated heterocycles. The maximum Gasteiger partial charge on any atom is 0.101 e. The second kappa shape index (κ2) is 5.96. The highest BCUT2D eigenvalue weighted by molar-refractivity contribution is 7.10. The van der Waals surface area contributed by atoms with E-state index in [4.69, 9.17) is 0 Å². The molecule has 0 aliphatic carbocycles. The molecule has 0 spiro atoms. The first-order valence-corrected chi connectivity index (χ1v) is 6.62. The van der Waals surface area contributed by atoms with E-state index in [9.17, 15) is 5.11 Å². The van der Waals surface area contributed by atoms with Crippen molar-refractivity contribution in [2.75, 3.05) is 6.54 Å². The fourth-order valence-corrected chi connectivity index (χ4v) is 2.68. The highest BCUT2D eigenvalue weighted by Crippen LogP contribution is 2.23. The van der Waals surface area contributed by atoms with Gasteiger partial charge in [0.05, 0.1) is 0 Å². The van der Waals surface area contributed by atoms with Gasteiger partial charge in [-0.1, -0.05) is 30.3 Å². The van der Waals surface area contributed by atoms with Crippen molar-refractivity contribution in [2.24, 2.45) is 0 Å². The molecule has 0 bridgehead atoms. The molecule has 2 N–H and O–H groups in total. The number of nitrogens with one attached hydrogen (secondary N) is 1. The van der Waals surface area contributed by atoms with Crippen LogP contribution in [0.2, 0.25) is 0 Å². The van der Waals surface area contributed by atoms with Gasteiger partial charge in [0, 0.05) is 18.0 Å². The molecule has 1 aromatic carbocycles. The first-order chi connectivity index (χ1) is 8.27. The van der Waals surface area contributed by atoms with Crippen LogP contribution in [0, 0.1) is 6.92 Å². The number of rotatable bonds is 5. The summed E-state index contributed by atoms with van der Waals surface area (Å²) in [5.74, 6) is 0. The molecule has 1 unspecified atom stereocenters. The van der Waals surface area contributed by atoms with E-state index in [0.717, 1.165) is 11.4 Å². The van der Waals surface area contributed by atoms with E-state index in [1.807, 2.05) is 36.6 Å². The molecule has 2 aromatic rings. The largest absolute Gasteiger partial charge is 0.386 e. The molecule has 0 aliphatic heterocycles. The smallest absolute Gasteiger partial charge is 0.101 e. The number of thiophene rings is 1. The standard InChI is InChI=1S/C14H17NOS/c1-11-7-8-17-14(11)13(16)10-15-9-12-5-3-2-4-6-12/h2-8,13,15-16H,9-10H2,1H3. The van der Waals surface area contributed by atoms with E-state index in [1.54, 1.807) is 11.3 Å². The van der Waals surface area contributed by atoms with Gasteiger partial charge in [0.1, 0.15) is 6.10 Å². The normalized spacial score (nSPS) is 12.6. The van der Waals surface area contributed by atoms with Crippen molar-refractivity contribution in [3.8, 4) is 0 Å². The topological polar surface area (TPSA) is 32.3 Å². The second-order valence-corrected chi connectivity index (χ2v) is 5.05. The summed E-state index contributed by atoms with van der Waals surface area (Å²) in [5.41, 5.74) is 2.41. The number of hydrogen-bond acceptors (Lipinski definition) is 3. The Morgan fingerprint density at radius 3 is 2.65 bits per heavy atom. The van der Waals surface area contributed by atoms with Crippen molar-refractivity contribution in [1.29, 1.82) is 0 Å². The Kier molecular flexibility index (Phi) is 4.31. The zero-order valence-corrected chi connectivity index (χ0v) is 10.7. The molecule has 0 saturated carbocycles. The van der Waals surface area contributed by atoms with Gasteiger partial charge in [-0.25, -0.2) is 0 Å². The number of aliphatic hydroxyl groups is 1. The Morgan fingerprint density at radius 2 is 2.00 bits per heavy atom. The average Bonchev–Trinajstić information content (AvgIpc) is 2.77. The molecule has 0 aliphatic rings. The van der Waals surface area contributed by atoms with Gasteiger partial charge >= 0.3 is 0 Å².